The maximum atomic E-state index is 5.44. The van der Waals surface area contributed by atoms with Gasteiger partial charge in [-0.15, -0.1) is 11.3 Å². The summed E-state index contributed by atoms with van der Waals surface area (Å²) < 4.78 is 11.7. The lowest BCUT2D eigenvalue weighted by atomic mass is 10.2. The molecule has 0 fully saturated rings. The van der Waals surface area contributed by atoms with Gasteiger partial charge in [0.05, 0.1) is 10.2 Å². The van der Waals surface area contributed by atoms with Crippen molar-refractivity contribution in [3.63, 3.8) is 0 Å². The zero-order chi connectivity index (χ0) is 14.1. The third kappa shape index (κ3) is 2.82. The van der Waals surface area contributed by atoms with Crippen molar-refractivity contribution in [2.45, 2.75) is 26.4 Å². The van der Waals surface area contributed by atoms with Crippen molar-refractivity contribution in [1.29, 1.82) is 0 Å². The monoisotopic (exact) mass is 354 g/mol. The molecule has 20 heavy (non-hydrogen) atoms. The van der Waals surface area contributed by atoms with Crippen LogP contribution in [0, 0.1) is 0 Å². The molecule has 0 amide bonds. The lowest BCUT2D eigenvalue weighted by Crippen LogP contribution is -2.21. The van der Waals surface area contributed by atoms with E-state index in [0.29, 0.717) is 6.04 Å². The highest BCUT2D eigenvalue weighted by molar-refractivity contribution is 9.10. The predicted octanol–water partition coefficient (Wildman–Crippen LogP) is 3.80. The standard InChI is InChI=1S/C14H15BrN2O2S/c1-8(2)16-5-10-6-20-14(17-10)9-3-11(15)13-12(4-9)18-7-19-13/h3-4,6,8,16H,5,7H2,1-2H3. The number of fused-ring (bicyclic) bond motifs is 1. The van der Waals surface area contributed by atoms with Crippen LogP contribution in [0.4, 0.5) is 0 Å². The van der Waals surface area contributed by atoms with Crippen LogP contribution in [-0.4, -0.2) is 17.8 Å². The Morgan fingerprint density at radius 1 is 1.40 bits per heavy atom. The molecule has 0 saturated carbocycles. The Hall–Kier alpha value is -1.11. The van der Waals surface area contributed by atoms with Gasteiger partial charge in [-0.2, -0.15) is 0 Å². The second-order valence-electron chi connectivity index (χ2n) is 4.87. The first-order valence-corrected chi connectivity index (χ1v) is 8.08. The fourth-order valence-corrected chi connectivity index (χ4v) is 3.28. The van der Waals surface area contributed by atoms with Crippen molar-refractivity contribution in [1.82, 2.24) is 10.3 Å². The third-order valence-corrected chi connectivity index (χ3v) is 4.45. The molecule has 2 aromatic rings. The summed E-state index contributed by atoms with van der Waals surface area (Å²) in [5.41, 5.74) is 2.11. The molecule has 4 nitrogen and oxygen atoms in total. The average Bonchev–Trinajstić information content (AvgIpc) is 3.05. The molecule has 0 aliphatic carbocycles. The van der Waals surface area contributed by atoms with E-state index in [1.807, 2.05) is 12.1 Å². The number of benzene rings is 1. The molecule has 2 heterocycles. The van der Waals surface area contributed by atoms with Gasteiger partial charge in [0.1, 0.15) is 5.01 Å². The molecule has 1 aliphatic heterocycles. The lowest BCUT2D eigenvalue weighted by molar-refractivity contribution is 0.173. The third-order valence-electron chi connectivity index (χ3n) is 2.92. The summed E-state index contributed by atoms with van der Waals surface area (Å²) in [6, 6.07) is 4.46. The Bertz CT molecular complexity index is 628. The molecule has 106 valence electrons. The average molecular weight is 355 g/mol. The van der Waals surface area contributed by atoms with E-state index in [-0.39, 0.29) is 6.79 Å². The molecule has 6 heteroatoms. The number of nitrogens with one attached hydrogen (secondary N) is 1. The van der Waals surface area contributed by atoms with Crippen LogP contribution < -0.4 is 14.8 Å². The van der Waals surface area contributed by atoms with Crippen molar-refractivity contribution in [2.75, 3.05) is 6.79 Å². The van der Waals surface area contributed by atoms with Gasteiger partial charge in [-0.25, -0.2) is 4.98 Å². The first-order chi connectivity index (χ1) is 9.63. The quantitative estimate of drug-likeness (QED) is 0.906. The number of hydrogen-bond donors (Lipinski definition) is 1. The largest absolute Gasteiger partial charge is 0.454 e. The topological polar surface area (TPSA) is 43.4 Å². The minimum Gasteiger partial charge on any atom is -0.454 e. The van der Waals surface area contributed by atoms with Gasteiger partial charge in [0, 0.05) is 23.5 Å². The minimum atomic E-state index is 0.277. The van der Waals surface area contributed by atoms with Crippen molar-refractivity contribution in [3.05, 3.63) is 27.7 Å². The summed E-state index contributed by atoms with van der Waals surface area (Å²) in [6.07, 6.45) is 0. The van der Waals surface area contributed by atoms with Gasteiger partial charge < -0.3 is 14.8 Å². The van der Waals surface area contributed by atoms with Crippen molar-refractivity contribution >= 4 is 27.3 Å². The Morgan fingerprint density at radius 2 is 2.25 bits per heavy atom. The maximum absolute atomic E-state index is 5.44. The van der Waals surface area contributed by atoms with Gasteiger partial charge in [0.15, 0.2) is 11.5 Å². The van der Waals surface area contributed by atoms with Crippen LogP contribution in [0.1, 0.15) is 19.5 Å². The van der Waals surface area contributed by atoms with Crippen LogP contribution in [-0.2, 0) is 6.54 Å². The Labute approximate surface area is 130 Å². The molecule has 0 saturated heterocycles. The summed E-state index contributed by atoms with van der Waals surface area (Å²) in [7, 11) is 0. The van der Waals surface area contributed by atoms with Crippen LogP contribution in [0.2, 0.25) is 0 Å². The highest BCUT2D eigenvalue weighted by atomic mass is 79.9. The molecule has 0 radical (unpaired) electrons. The number of nitrogens with zero attached hydrogens (tertiary/aromatic N) is 1. The van der Waals surface area contributed by atoms with E-state index in [1.165, 1.54) is 0 Å². The van der Waals surface area contributed by atoms with Crippen molar-refractivity contribution in [3.8, 4) is 22.1 Å². The Morgan fingerprint density at radius 3 is 3.05 bits per heavy atom. The molecule has 1 aromatic carbocycles. The zero-order valence-electron chi connectivity index (χ0n) is 11.3. The predicted molar refractivity (Wildman–Crippen MR) is 83.3 cm³/mol. The normalized spacial score (nSPS) is 13.2. The van der Waals surface area contributed by atoms with Gasteiger partial charge in [0.25, 0.3) is 0 Å². The van der Waals surface area contributed by atoms with E-state index in [4.69, 9.17) is 9.47 Å². The zero-order valence-corrected chi connectivity index (χ0v) is 13.7. The van der Waals surface area contributed by atoms with Crippen LogP contribution in [0.5, 0.6) is 11.5 Å². The van der Waals surface area contributed by atoms with Gasteiger partial charge in [-0.3, -0.25) is 0 Å². The molecule has 0 atom stereocenters. The molecular weight excluding hydrogens is 340 g/mol. The molecule has 3 rings (SSSR count). The summed E-state index contributed by atoms with van der Waals surface area (Å²) in [5, 5.41) is 6.45. The van der Waals surface area contributed by atoms with E-state index in [9.17, 15) is 0 Å². The fourth-order valence-electron chi connectivity index (χ4n) is 1.92. The number of halogens is 1. The first-order valence-electron chi connectivity index (χ1n) is 6.41. The van der Waals surface area contributed by atoms with Gasteiger partial charge in [0.2, 0.25) is 6.79 Å². The maximum Gasteiger partial charge on any atom is 0.231 e. The summed E-state index contributed by atoms with van der Waals surface area (Å²) in [4.78, 5) is 4.66. The lowest BCUT2D eigenvalue weighted by Gasteiger charge is -2.05. The van der Waals surface area contributed by atoms with E-state index < -0.39 is 0 Å². The Balaban J connectivity index is 1.84. The number of thiazole rings is 1. The molecule has 0 bridgehead atoms. The second-order valence-corrected chi connectivity index (χ2v) is 6.58. The molecule has 1 aliphatic rings. The van der Waals surface area contributed by atoms with Crippen LogP contribution >= 0.6 is 27.3 Å². The first kappa shape index (κ1) is 13.9. The number of aromatic nitrogens is 1. The van der Waals surface area contributed by atoms with Gasteiger partial charge in [-0.1, -0.05) is 13.8 Å². The van der Waals surface area contributed by atoms with E-state index in [1.54, 1.807) is 11.3 Å². The van der Waals surface area contributed by atoms with Gasteiger partial charge in [-0.05, 0) is 28.1 Å². The van der Waals surface area contributed by atoms with E-state index in [2.05, 4.69) is 45.5 Å². The number of rotatable bonds is 4. The molecule has 1 N–H and O–H groups in total. The van der Waals surface area contributed by atoms with Crippen molar-refractivity contribution < 1.29 is 9.47 Å². The number of ether oxygens (including phenoxy) is 2. The molecule has 1 aromatic heterocycles. The van der Waals surface area contributed by atoms with Crippen molar-refractivity contribution in [2.24, 2.45) is 0 Å². The van der Waals surface area contributed by atoms with Crippen LogP contribution in [0.25, 0.3) is 10.6 Å². The minimum absolute atomic E-state index is 0.277. The molecular formula is C14H15BrN2O2S. The molecule has 0 spiro atoms. The second kappa shape index (κ2) is 5.71. The summed E-state index contributed by atoms with van der Waals surface area (Å²) in [5.74, 6) is 1.54. The van der Waals surface area contributed by atoms with E-state index >= 15 is 0 Å². The highest BCUT2D eigenvalue weighted by Gasteiger charge is 2.19. The fraction of sp³-hybridized carbons (Fsp3) is 0.357. The Kier molecular flexibility index (Phi) is 3.96. The molecule has 0 unspecified atom stereocenters. The van der Waals surface area contributed by atoms with Gasteiger partial charge >= 0.3 is 0 Å². The summed E-state index contributed by atoms with van der Waals surface area (Å²) >= 11 is 5.15. The highest BCUT2D eigenvalue weighted by Crippen LogP contribution is 2.42. The van der Waals surface area contributed by atoms with Crippen LogP contribution in [0.3, 0.4) is 0 Å². The SMILES string of the molecule is CC(C)NCc1csc(-c2cc(Br)c3c(c2)OCO3)n1. The summed E-state index contributed by atoms with van der Waals surface area (Å²) in [6.45, 7) is 5.32. The number of hydrogen-bond acceptors (Lipinski definition) is 5. The van der Waals surface area contributed by atoms with E-state index in [0.717, 1.165) is 38.8 Å². The van der Waals surface area contributed by atoms with Crippen LogP contribution in [0.15, 0.2) is 22.0 Å². The smallest absolute Gasteiger partial charge is 0.231 e.